The van der Waals surface area contributed by atoms with Crippen LogP contribution in [0.15, 0.2) is 10.4 Å². The Kier molecular flexibility index (Phi) is 7.88. The number of nitrogens with zero attached hydrogens (tertiary/aromatic N) is 3. The molecular formula is C13H25IN4S. The van der Waals surface area contributed by atoms with E-state index in [0.29, 0.717) is 12.5 Å². The van der Waals surface area contributed by atoms with Crippen molar-refractivity contribution in [3.05, 3.63) is 16.1 Å². The van der Waals surface area contributed by atoms with E-state index < -0.39 is 0 Å². The highest BCUT2D eigenvalue weighted by atomic mass is 127. The largest absolute Gasteiger partial charge is 0.370 e. The van der Waals surface area contributed by atoms with Crippen LogP contribution in [-0.2, 0) is 12.0 Å². The summed E-state index contributed by atoms with van der Waals surface area (Å²) in [4.78, 5) is 11.0. The van der Waals surface area contributed by atoms with Crippen molar-refractivity contribution in [2.45, 2.75) is 46.6 Å². The van der Waals surface area contributed by atoms with E-state index in [0.717, 1.165) is 23.8 Å². The Morgan fingerprint density at radius 2 is 1.95 bits per heavy atom. The standard InChI is InChI=1S/C13H24N4S.HI/c1-6-17(7-2)12(14)15-8-10-9-18-11(16-10)13(3,4)5;/h9H,6-8H2,1-5H3,(H2,14,15);1H. The van der Waals surface area contributed by atoms with Crippen LogP contribution in [0.2, 0.25) is 0 Å². The van der Waals surface area contributed by atoms with Gasteiger partial charge >= 0.3 is 0 Å². The zero-order valence-corrected chi connectivity index (χ0v) is 15.6. The number of halogens is 1. The maximum absolute atomic E-state index is 5.93. The van der Waals surface area contributed by atoms with Gasteiger partial charge < -0.3 is 10.6 Å². The van der Waals surface area contributed by atoms with Gasteiger partial charge in [-0.1, -0.05) is 20.8 Å². The lowest BCUT2D eigenvalue weighted by molar-refractivity contribution is 0.458. The lowest BCUT2D eigenvalue weighted by Gasteiger charge is -2.19. The predicted octanol–water partition coefficient (Wildman–Crippen LogP) is 3.22. The zero-order chi connectivity index (χ0) is 13.8. The Balaban J connectivity index is 0.00000324. The van der Waals surface area contributed by atoms with Gasteiger partial charge in [-0.05, 0) is 13.8 Å². The van der Waals surface area contributed by atoms with Crippen LogP contribution in [0, 0.1) is 0 Å². The molecule has 0 bridgehead atoms. The van der Waals surface area contributed by atoms with Crippen molar-refractivity contribution in [2.75, 3.05) is 13.1 Å². The summed E-state index contributed by atoms with van der Waals surface area (Å²) in [5.74, 6) is 0.602. The van der Waals surface area contributed by atoms with Crippen LogP contribution in [0.5, 0.6) is 0 Å². The van der Waals surface area contributed by atoms with Crippen molar-refractivity contribution < 1.29 is 0 Å². The second-order valence-corrected chi connectivity index (χ2v) is 6.10. The fourth-order valence-electron chi connectivity index (χ4n) is 1.53. The minimum atomic E-state index is 0. The van der Waals surface area contributed by atoms with Gasteiger partial charge in [-0.3, -0.25) is 0 Å². The first-order valence-corrected chi connectivity index (χ1v) is 7.26. The second-order valence-electron chi connectivity index (χ2n) is 5.24. The van der Waals surface area contributed by atoms with Crippen LogP contribution in [0.4, 0.5) is 0 Å². The molecule has 0 saturated heterocycles. The Labute approximate surface area is 137 Å². The molecule has 0 aromatic carbocycles. The molecule has 19 heavy (non-hydrogen) atoms. The summed E-state index contributed by atoms with van der Waals surface area (Å²) in [7, 11) is 0. The highest BCUT2D eigenvalue weighted by Gasteiger charge is 2.17. The smallest absolute Gasteiger partial charge is 0.191 e. The molecule has 0 fully saturated rings. The first-order chi connectivity index (χ1) is 8.38. The van der Waals surface area contributed by atoms with Gasteiger partial charge in [-0.2, -0.15) is 0 Å². The third kappa shape index (κ3) is 5.64. The van der Waals surface area contributed by atoms with E-state index >= 15 is 0 Å². The van der Waals surface area contributed by atoms with Gasteiger partial charge in [0.25, 0.3) is 0 Å². The second kappa shape index (κ2) is 8.04. The maximum Gasteiger partial charge on any atom is 0.191 e. The highest BCUT2D eigenvalue weighted by molar-refractivity contribution is 14.0. The molecule has 0 radical (unpaired) electrons. The van der Waals surface area contributed by atoms with Gasteiger partial charge in [0.15, 0.2) is 5.96 Å². The first kappa shape index (κ1) is 18.6. The minimum Gasteiger partial charge on any atom is -0.370 e. The van der Waals surface area contributed by atoms with Gasteiger partial charge in [-0.25, -0.2) is 9.98 Å². The molecule has 1 heterocycles. The van der Waals surface area contributed by atoms with E-state index in [1.165, 1.54) is 0 Å². The molecule has 2 N–H and O–H groups in total. The summed E-state index contributed by atoms with van der Waals surface area (Å²) in [5.41, 5.74) is 7.04. The number of rotatable bonds is 4. The van der Waals surface area contributed by atoms with E-state index in [1.807, 2.05) is 4.90 Å². The van der Waals surface area contributed by atoms with E-state index in [4.69, 9.17) is 5.73 Å². The molecule has 0 aliphatic rings. The number of aromatic nitrogens is 1. The molecule has 4 nitrogen and oxygen atoms in total. The van der Waals surface area contributed by atoms with Crippen LogP contribution < -0.4 is 5.73 Å². The molecule has 1 rings (SSSR count). The fourth-order valence-corrected chi connectivity index (χ4v) is 2.43. The Morgan fingerprint density at radius 1 is 1.37 bits per heavy atom. The Morgan fingerprint density at radius 3 is 2.37 bits per heavy atom. The average Bonchev–Trinajstić information content (AvgIpc) is 2.76. The number of guanidine groups is 1. The molecule has 0 aliphatic carbocycles. The number of hydrogen-bond donors (Lipinski definition) is 1. The molecule has 0 amide bonds. The predicted molar refractivity (Wildman–Crippen MR) is 94.5 cm³/mol. The molecule has 0 aliphatic heterocycles. The van der Waals surface area contributed by atoms with E-state index in [-0.39, 0.29) is 29.4 Å². The maximum atomic E-state index is 5.93. The number of thiazole rings is 1. The molecular weight excluding hydrogens is 371 g/mol. The first-order valence-electron chi connectivity index (χ1n) is 6.38. The lowest BCUT2D eigenvalue weighted by Crippen LogP contribution is -2.37. The summed E-state index contributed by atoms with van der Waals surface area (Å²) >= 11 is 1.69. The fraction of sp³-hybridized carbons (Fsp3) is 0.692. The van der Waals surface area contributed by atoms with E-state index in [1.54, 1.807) is 11.3 Å². The monoisotopic (exact) mass is 396 g/mol. The zero-order valence-electron chi connectivity index (χ0n) is 12.4. The van der Waals surface area contributed by atoms with Crippen LogP contribution >= 0.6 is 35.3 Å². The number of nitrogens with two attached hydrogens (primary N) is 1. The van der Waals surface area contributed by atoms with Crippen molar-refractivity contribution in [3.8, 4) is 0 Å². The lowest BCUT2D eigenvalue weighted by atomic mass is 9.98. The van der Waals surface area contributed by atoms with Crippen molar-refractivity contribution in [2.24, 2.45) is 10.7 Å². The van der Waals surface area contributed by atoms with Crippen molar-refractivity contribution >= 4 is 41.3 Å². The average molecular weight is 396 g/mol. The van der Waals surface area contributed by atoms with Crippen LogP contribution in [0.3, 0.4) is 0 Å². The van der Waals surface area contributed by atoms with Gasteiger partial charge in [0, 0.05) is 23.9 Å². The van der Waals surface area contributed by atoms with E-state index in [9.17, 15) is 0 Å². The molecule has 6 heteroatoms. The quantitative estimate of drug-likeness (QED) is 0.483. The summed E-state index contributed by atoms with van der Waals surface area (Å²) in [6.45, 7) is 13.0. The van der Waals surface area contributed by atoms with Crippen LogP contribution in [0.1, 0.15) is 45.3 Å². The molecule has 1 aromatic heterocycles. The summed E-state index contributed by atoms with van der Waals surface area (Å²) in [5, 5.41) is 3.22. The topological polar surface area (TPSA) is 54.5 Å². The van der Waals surface area contributed by atoms with Crippen molar-refractivity contribution in [1.82, 2.24) is 9.88 Å². The highest BCUT2D eigenvalue weighted by Crippen LogP contribution is 2.25. The summed E-state index contributed by atoms with van der Waals surface area (Å²) in [6.07, 6.45) is 0. The molecule has 110 valence electrons. The number of hydrogen-bond acceptors (Lipinski definition) is 3. The van der Waals surface area contributed by atoms with Crippen molar-refractivity contribution in [1.29, 1.82) is 0 Å². The van der Waals surface area contributed by atoms with Gasteiger partial charge in [0.05, 0.1) is 17.2 Å². The van der Waals surface area contributed by atoms with Gasteiger partial charge in [0.2, 0.25) is 0 Å². The number of aliphatic imine (C=N–C) groups is 1. The van der Waals surface area contributed by atoms with Gasteiger partial charge in [-0.15, -0.1) is 35.3 Å². The Bertz CT molecular complexity index is 405. The minimum absolute atomic E-state index is 0. The molecule has 0 spiro atoms. The SMILES string of the molecule is CCN(CC)C(N)=NCc1csc(C(C)(C)C)n1.I. The molecule has 1 aromatic rings. The van der Waals surface area contributed by atoms with Crippen LogP contribution in [-0.4, -0.2) is 28.9 Å². The molecule has 0 saturated carbocycles. The summed E-state index contributed by atoms with van der Waals surface area (Å²) < 4.78 is 0. The van der Waals surface area contributed by atoms with Crippen molar-refractivity contribution in [3.63, 3.8) is 0 Å². The van der Waals surface area contributed by atoms with Gasteiger partial charge in [0.1, 0.15) is 0 Å². The molecule has 0 unspecified atom stereocenters. The normalized spacial score (nSPS) is 12.2. The molecule has 0 atom stereocenters. The third-order valence-electron chi connectivity index (χ3n) is 2.68. The van der Waals surface area contributed by atoms with E-state index in [2.05, 4.69) is 50.0 Å². The van der Waals surface area contributed by atoms with Crippen LogP contribution in [0.25, 0.3) is 0 Å². The Hall–Kier alpha value is -0.370. The summed E-state index contributed by atoms with van der Waals surface area (Å²) in [6, 6.07) is 0. The third-order valence-corrected chi connectivity index (χ3v) is 4.00.